The number of rotatable bonds is 5. The number of nitrogens with one attached hydrogen (secondary N) is 1. The molecule has 0 bridgehead atoms. The van der Waals surface area contributed by atoms with Crippen molar-refractivity contribution in [3.05, 3.63) is 42.0 Å². The summed E-state index contributed by atoms with van der Waals surface area (Å²) in [6, 6.07) is 12.7. The molecule has 3 aromatic rings. The molecular formula is C22H28N2O2. The average Bonchev–Trinajstić information content (AvgIpc) is 2.91. The lowest BCUT2D eigenvalue weighted by atomic mass is 10.0. The topological polar surface area (TPSA) is 54.3 Å². The van der Waals surface area contributed by atoms with Crippen molar-refractivity contribution in [1.29, 1.82) is 0 Å². The molecule has 1 heterocycles. The Morgan fingerprint density at radius 1 is 1.08 bits per heavy atom. The van der Waals surface area contributed by atoms with Crippen molar-refractivity contribution in [2.24, 2.45) is 5.92 Å². The molecule has 2 aromatic carbocycles. The maximum Gasteiger partial charge on any atom is 0.253 e. The summed E-state index contributed by atoms with van der Waals surface area (Å²) in [5.74, 6) is -0.0721. The zero-order chi connectivity index (χ0) is 19.0. The Kier molecular flexibility index (Phi) is 5.05. The van der Waals surface area contributed by atoms with Gasteiger partial charge in [0.15, 0.2) is 0 Å². The van der Waals surface area contributed by atoms with Crippen LogP contribution >= 0.6 is 0 Å². The summed E-state index contributed by atoms with van der Waals surface area (Å²) in [6.45, 7) is 10.4. The Morgan fingerprint density at radius 2 is 1.77 bits per heavy atom. The number of benzene rings is 2. The van der Waals surface area contributed by atoms with Gasteiger partial charge in [-0.1, -0.05) is 32.0 Å². The molecule has 1 unspecified atom stereocenters. The van der Waals surface area contributed by atoms with E-state index in [0.29, 0.717) is 12.5 Å². The Labute approximate surface area is 154 Å². The Bertz CT molecular complexity index is 954. The maximum absolute atomic E-state index is 12.3. The number of amides is 1. The fourth-order valence-electron chi connectivity index (χ4n) is 3.72. The van der Waals surface area contributed by atoms with Crippen LogP contribution in [0.5, 0.6) is 0 Å². The molecule has 4 heteroatoms. The molecular weight excluding hydrogens is 324 g/mol. The fourth-order valence-corrected chi connectivity index (χ4v) is 3.72. The minimum atomic E-state index is -0.984. The highest BCUT2D eigenvalue weighted by Gasteiger charge is 2.20. The zero-order valence-corrected chi connectivity index (χ0v) is 16.2. The van der Waals surface area contributed by atoms with Crippen LogP contribution in [0.3, 0.4) is 0 Å². The molecule has 0 fully saturated rings. The molecule has 0 saturated heterocycles. The number of aryl methyl sites for hydroxylation is 1. The van der Waals surface area contributed by atoms with Crippen molar-refractivity contribution < 1.29 is 9.90 Å². The highest BCUT2D eigenvalue weighted by Crippen LogP contribution is 2.36. The fraction of sp³-hybridized carbons (Fsp3) is 0.409. The molecule has 0 aliphatic heterocycles. The van der Waals surface area contributed by atoms with Gasteiger partial charge in [0.25, 0.3) is 5.91 Å². The first kappa shape index (κ1) is 18.5. The van der Waals surface area contributed by atoms with Crippen LogP contribution in [0, 0.1) is 12.8 Å². The van der Waals surface area contributed by atoms with E-state index in [1.165, 1.54) is 16.4 Å². The molecule has 0 spiro atoms. The van der Waals surface area contributed by atoms with Gasteiger partial charge in [0.1, 0.15) is 6.10 Å². The van der Waals surface area contributed by atoms with E-state index < -0.39 is 6.10 Å². The van der Waals surface area contributed by atoms with Crippen LogP contribution < -0.4 is 5.32 Å². The van der Waals surface area contributed by atoms with Crippen LogP contribution in [0.25, 0.3) is 21.8 Å². The highest BCUT2D eigenvalue weighted by molar-refractivity contribution is 6.12. The molecule has 0 aliphatic rings. The predicted octanol–water partition coefficient (Wildman–Crippen LogP) is 5.03. The molecule has 1 aromatic heterocycles. The second kappa shape index (κ2) is 7.12. The lowest BCUT2D eigenvalue weighted by molar-refractivity contribution is -0.124. The Balaban J connectivity index is 2.09. The van der Waals surface area contributed by atoms with Crippen molar-refractivity contribution in [3.63, 3.8) is 0 Å². The van der Waals surface area contributed by atoms with Gasteiger partial charge in [-0.3, -0.25) is 4.79 Å². The molecule has 0 aliphatic carbocycles. The first-order valence-corrected chi connectivity index (χ1v) is 9.32. The number of aromatic nitrogens is 1. The standard InChI is InChI=1S/C22H28N2O2/c1-13(2)12-20(25)22(26)23-17-10-11-19-21(15(17)5)16-8-6-7-9-18(16)24(19)14(3)4/h6-11,13-14,20,25H,12H2,1-5H3,(H,23,26). The minimum Gasteiger partial charge on any atom is -0.383 e. The summed E-state index contributed by atoms with van der Waals surface area (Å²) in [5, 5.41) is 15.3. The summed E-state index contributed by atoms with van der Waals surface area (Å²) >= 11 is 0. The first-order chi connectivity index (χ1) is 12.3. The maximum atomic E-state index is 12.3. The SMILES string of the molecule is Cc1c(NC(=O)C(O)CC(C)C)ccc2c1c1ccccc1n2C(C)C. The molecule has 138 valence electrons. The van der Waals surface area contributed by atoms with Gasteiger partial charge >= 0.3 is 0 Å². The quantitative estimate of drug-likeness (QED) is 0.677. The van der Waals surface area contributed by atoms with E-state index in [4.69, 9.17) is 0 Å². The number of carbonyl (C=O) groups is 1. The third-order valence-corrected chi connectivity index (χ3v) is 4.91. The minimum absolute atomic E-state index is 0.267. The highest BCUT2D eigenvalue weighted by atomic mass is 16.3. The van der Waals surface area contributed by atoms with Crippen LogP contribution in [0.2, 0.25) is 0 Å². The van der Waals surface area contributed by atoms with Gasteiger partial charge in [-0.25, -0.2) is 0 Å². The number of fused-ring (bicyclic) bond motifs is 3. The Morgan fingerprint density at radius 3 is 2.42 bits per heavy atom. The van der Waals surface area contributed by atoms with E-state index in [-0.39, 0.29) is 11.8 Å². The van der Waals surface area contributed by atoms with Crippen LogP contribution in [-0.2, 0) is 4.79 Å². The van der Waals surface area contributed by atoms with Crippen molar-refractivity contribution in [3.8, 4) is 0 Å². The molecule has 1 atom stereocenters. The second-order valence-electron chi connectivity index (χ2n) is 7.75. The van der Waals surface area contributed by atoms with Crippen molar-refractivity contribution in [2.75, 3.05) is 5.32 Å². The number of anilines is 1. The third-order valence-electron chi connectivity index (χ3n) is 4.91. The summed E-state index contributed by atoms with van der Waals surface area (Å²) in [6.07, 6.45) is -0.526. The van der Waals surface area contributed by atoms with E-state index in [9.17, 15) is 9.90 Å². The molecule has 4 nitrogen and oxygen atoms in total. The molecule has 26 heavy (non-hydrogen) atoms. The van der Waals surface area contributed by atoms with Crippen LogP contribution in [0.1, 0.15) is 45.7 Å². The molecule has 1 amide bonds. The lowest BCUT2D eigenvalue weighted by Crippen LogP contribution is -2.29. The van der Waals surface area contributed by atoms with Gasteiger partial charge < -0.3 is 15.0 Å². The number of aliphatic hydroxyl groups excluding tert-OH is 1. The monoisotopic (exact) mass is 352 g/mol. The summed E-state index contributed by atoms with van der Waals surface area (Å²) in [7, 11) is 0. The Hall–Kier alpha value is -2.33. The van der Waals surface area contributed by atoms with Gasteiger partial charge in [-0.2, -0.15) is 0 Å². The number of hydrogen-bond acceptors (Lipinski definition) is 2. The number of carbonyl (C=O) groups excluding carboxylic acids is 1. The van der Waals surface area contributed by atoms with Crippen LogP contribution in [0.4, 0.5) is 5.69 Å². The smallest absolute Gasteiger partial charge is 0.253 e. The van der Waals surface area contributed by atoms with Crippen molar-refractivity contribution in [2.45, 2.75) is 53.2 Å². The van der Waals surface area contributed by atoms with Crippen LogP contribution in [0.15, 0.2) is 36.4 Å². The lowest BCUT2D eigenvalue weighted by Gasteiger charge is -2.16. The normalized spacial score (nSPS) is 13.1. The predicted molar refractivity (Wildman–Crippen MR) is 109 cm³/mol. The van der Waals surface area contributed by atoms with Gasteiger partial charge in [0, 0.05) is 33.5 Å². The number of aliphatic hydroxyl groups is 1. The van der Waals surface area contributed by atoms with E-state index in [1.807, 2.05) is 32.9 Å². The first-order valence-electron chi connectivity index (χ1n) is 9.32. The van der Waals surface area contributed by atoms with Gasteiger partial charge in [-0.15, -0.1) is 0 Å². The molecule has 0 saturated carbocycles. The van der Waals surface area contributed by atoms with Gasteiger partial charge in [0.05, 0.1) is 0 Å². The van der Waals surface area contributed by atoms with Gasteiger partial charge in [0.2, 0.25) is 0 Å². The van der Waals surface area contributed by atoms with E-state index >= 15 is 0 Å². The molecule has 0 radical (unpaired) electrons. The van der Waals surface area contributed by atoms with Gasteiger partial charge in [-0.05, 0) is 56.9 Å². The van der Waals surface area contributed by atoms with E-state index in [0.717, 1.165) is 16.6 Å². The van der Waals surface area contributed by atoms with E-state index in [2.05, 4.69) is 48.0 Å². The summed E-state index contributed by atoms with van der Waals surface area (Å²) < 4.78 is 2.33. The second-order valence-corrected chi connectivity index (χ2v) is 7.75. The third kappa shape index (κ3) is 3.21. The number of hydrogen-bond donors (Lipinski definition) is 2. The summed E-state index contributed by atoms with van der Waals surface area (Å²) in [4.78, 5) is 12.3. The largest absolute Gasteiger partial charge is 0.383 e. The summed E-state index contributed by atoms with van der Waals surface area (Å²) in [5.41, 5.74) is 4.16. The number of nitrogens with zero attached hydrogens (tertiary/aromatic N) is 1. The number of para-hydroxylation sites is 1. The molecule has 3 rings (SSSR count). The zero-order valence-electron chi connectivity index (χ0n) is 16.2. The van der Waals surface area contributed by atoms with Crippen molar-refractivity contribution in [1.82, 2.24) is 4.57 Å². The average molecular weight is 352 g/mol. The van der Waals surface area contributed by atoms with Crippen molar-refractivity contribution >= 4 is 33.4 Å². The molecule has 2 N–H and O–H groups in total. The van der Waals surface area contributed by atoms with E-state index in [1.54, 1.807) is 0 Å². The van der Waals surface area contributed by atoms with Crippen LogP contribution in [-0.4, -0.2) is 21.7 Å².